The molecule has 3 amide bonds. The van der Waals surface area contributed by atoms with E-state index in [-0.39, 0.29) is 26.2 Å². The normalized spacial score (nSPS) is 11.3. The Hall–Kier alpha value is -5.12. The molecule has 3 aromatic carbocycles. The monoisotopic (exact) mass is 542 g/mol. The minimum atomic E-state index is -0.988. The highest BCUT2D eigenvalue weighted by Crippen LogP contribution is 2.19. The Morgan fingerprint density at radius 1 is 0.700 bits per heavy atom. The SMILES string of the molecule is O=C(CNC(=O)OCc1ccccc1)NCC(=O)NC(Cc1c[nH]c2ccccc12)C(=O)OCc1ccccc1. The number of carbonyl (C=O) groups excluding carboxylic acids is 4. The summed E-state index contributed by atoms with van der Waals surface area (Å²) in [6, 6.07) is 25.0. The highest BCUT2D eigenvalue weighted by atomic mass is 16.5. The molecule has 0 saturated heterocycles. The molecule has 0 saturated carbocycles. The Morgan fingerprint density at radius 3 is 2.00 bits per heavy atom. The van der Waals surface area contributed by atoms with Crippen LogP contribution in [-0.2, 0) is 43.5 Å². The van der Waals surface area contributed by atoms with Gasteiger partial charge in [0.25, 0.3) is 0 Å². The van der Waals surface area contributed by atoms with Crippen molar-refractivity contribution in [2.24, 2.45) is 0 Å². The van der Waals surface area contributed by atoms with Crippen molar-refractivity contribution < 1.29 is 28.7 Å². The molecule has 0 aliphatic carbocycles. The predicted octanol–water partition coefficient (Wildman–Crippen LogP) is 2.98. The van der Waals surface area contributed by atoms with Gasteiger partial charge in [-0.2, -0.15) is 0 Å². The van der Waals surface area contributed by atoms with Crippen LogP contribution in [0.2, 0.25) is 0 Å². The zero-order valence-electron chi connectivity index (χ0n) is 21.7. The molecule has 0 spiro atoms. The van der Waals surface area contributed by atoms with E-state index < -0.39 is 36.5 Å². The number of para-hydroxylation sites is 1. The fraction of sp³-hybridized carbons (Fsp3) is 0.200. The topological polar surface area (TPSA) is 139 Å². The summed E-state index contributed by atoms with van der Waals surface area (Å²) in [5.74, 6) is -1.77. The van der Waals surface area contributed by atoms with Gasteiger partial charge in [0.1, 0.15) is 25.8 Å². The molecule has 0 aliphatic heterocycles. The first kappa shape index (κ1) is 27.9. The van der Waals surface area contributed by atoms with Crippen LogP contribution in [0, 0.1) is 0 Å². The molecule has 4 aromatic rings. The van der Waals surface area contributed by atoms with Crippen LogP contribution in [0.25, 0.3) is 10.9 Å². The molecule has 1 unspecified atom stereocenters. The van der Waals surface area contributed by atoms with E-state index in [1.165, 1.54) is 0 Å². The Labute approximate surface area is 231 Å². The lowest BCUT2D eigenvalue weighted by Gasteiger charge is -2.18. The summed E-state index contributed by atoms with van der Waals surface area (Å²) >= 11 is 0. The van der Waals surface area contributed by atoms with Crippen LogP contribution in [0.1, 0.15) is 16.7 Å². The van der Waals surface area contributed by atoms with E-state index in [1.807, 2.05) is 84.9 Å². The largest absolute Gasteiger partial charge is 0.459 e. The summed E-state index contributed by atoms with van der Waals surface area (Å²) in [4.78, 5) is 52.8. The first-order valence-electron chi connectivity index (χ1n) is 12.7. The quantitative estimate of drug-likeness (QED) is 0.203. The molecule has 1 atom stereocenters. The summed E-state index contributed by atoms with van der Waals surface area (Å²) in [6.07, 6.45) is 1.22. The Bertz CT molecular complexity index is 1440. The fourth-order valence-electron chi connectivity index (χ4n) is 3.96. The number of ether oxygens (including phenoxy) is 2. The van der Waals surface area contributed by atoms with E-state index in [9.17, 15) is 19.2 Å². The van der Waals surface area contributed by atoms with Crippen LogP contribution < -0.4 is 16.0 Å². The summed E-state index contributed by atoms with van der Waals surface area (Å²) in [7, 11) is 0. The third kappa shape index (κ3) is 8.45. The lowest BCUT2D eigenvalue weighted by molar-refractivity contribution is -0.149. The molecule has 1 aromatic heterocycles. The van der Waals surface area contributed by atoms with Gasteiger partial charge in [0, 0.05) is 23.5 Å². The molecular formula is C30H30N4O6. The van der Waals surface area contributed by atoms with Gasteiger partial charge in [0.15, 0.2) is 0 Å². The molecule has 0 fully saturated rings. The first-order chi connectivity index (χ1) is 19.5. The summed E-state index contributed by atoms with van der Waals surface area (Å²) < 4.78 is 10.5. The molecular weight excluding hydrogens is 512 g/mol. The smallest absolute Gasteiger partial charge is 0.407 e. The molecule has 0 radical (unpaired) electrons. The third-order valence-corrected chi connectivity index (χ3v) is 5.99. The molecule has 40 heavy (non-hydrogen) atoms. The maximum Gasteiger partial charge on any atom is 0.407 e. The van der Waals surface area contributed by atoms with Gasteiger partial charge >= 0.3 is 12.1 Å². The van der Waals surface area contributed by atoms with Crippen LogP contribution in [0.3, 0.4) is 0 Å². The van der Waals surface area contributed by atoms with E-state index >= 15 is 0 Å². The second-order valence-corrected chi connectivity index (χ2v) is 8.97. The van der Waals surface area contributed by atoms with Crippen LogP contribution in [0.15, 0.2) is 91.1 Å². The van der Waals surface area contributed by atoms with E-state index in [0.717, 1.165) is 27.6 Å². The van der Waals surface area contributed by atoms with Crippen LogP contribution in [0.4, 0.5) is 4.79 Å². The molecule has 1 heterocycles. The van der Waals surface area contributed by atoms with Crippen molar-refractivity contribution in [2.45, 2.75) is 25.7 Å². The number of esters is 1. The molecule has 4 N–H and O–H groups in total. The summed E-state index contributed by atoms with van der Waals surface area (Å²) in [6.45, 7) is -0.647. The Kier molecular flexibility index (Phi) is 9.87. The average Bonchev–Trinajstić information content (AvgIpc) is 3.40. The maximum absolute atomic E-state index is 13.0. The number of aromatic nitrogens is 1. The molecule has 0 bridgehead atoms. The molecule has 206 valence electrons. The lowest BCUT2D eigenvalue weighted by Crippen LogP contribution is -2.48. The number of aromatic amines is 1. The second kappa shape index (κ2) is 14.1. The number of H-pyrrole nitrogens is 1. The van der Waals surface area contributed by atoms with E-state index in [4.69, 9.17) is 9.47 Å². The zero-order valence-corrected chi connectivity index (χ0v) is 21.7. The van der Waals surface area contributed by atoms with Crippen molar-refractivity contribution in [2.75, 3.05) is 13.1 Å². The number of carbonyl (C=O) groups is 4. The number of fused-ring (bicyclic) bond motifs is 1. The summed E-state index contributed by atoms with van der Waals surface area (Å²) in [5.41, 5.74) is 3.36. The van der Waals surface area contributed by atoms with Crippen molar-refractivity contribution in [3.8, 4) is 0 Å². The summed E-state index contributed by atoms with van der Waals surface area (Å²) in [5, 5.41) is 8.34. The van der Waals surface area contributed by atoms with Gasteiger partial charge in [-0.3, -0.25) is 9.59 Å². The van der Waals surface area contributed by atoms with Gasteiger partial charge in [-0.15, -0.1) is 0 Å². The Balaban J connectivity index is 1.28. The van der Waals surface area contributed by atoms with Crippen molar-refractivity contribution in [1.82, 2.24) is 20.9 Å². The van der Waals surface area contributed by atoms with E-state index in [2.05, 4.69) is 20.9 Å². The number of nitrogens with one attached hydrogen (secondary N) is 4. The average molecular weight is 543 g/mol. The van der Waals surface area contributed by atoms with E-state index in [0.29, 0.717) is 0 Å². The number of alkyl carbamates (subject to hydrolysis) is 1. The van der Waals surface area contributed by atoms with Crippen molar-refractivity contribution in [3.05, 3.63) is 108 Å². The zero-order chi connectivity index (χ0) is 28.2. The number of benzene rings is 3. The van der Waals surface area contributed by atoms with Crippen LogP contribution in [-0.4, -0.2) is 48.0 Å². The predicted molar refractivity (Wildman–Crippen MR) is 148 cm³/mol. The maximum atomic E-state index is 13.0. The van der Waals surface area contributed by atoms with Gasteiger partial charge in [-0.05, 0) is 22.8 Å². The minimum absolute atomic E-state index is 0.0582. The lowest BCUT2D eigenvalue weighted by atomic mass is 10.0. The fourth-order valence-corrected chi connectivity index (χ4v) is 3.96. The third-order valence-electron chi connectivity index (χ3n) is 5.99. The first-order valence-corrected chi connectivity index (χ1v) is 12.7. The van der Waals surface area contributed by atoms with E-state index in [1.54, 1.807) is 6.20 Å². The highest BCUT2D eigenvalue weighted by molar-refractivity contribution is 5.90. The van der Waals surface area contributed by atoms with Gasteiger partial charge < -0.3 is 30.4 Å². The van der Waals surface area contributed by atoms with Crippen molar-refractivity contribution >= 4 is 34.8 Å². The van der Waals surface area contributed by atoms with Gasteiger partial charge in [0.2, 0.25) is 11.8 Å². The molecule has 4 rings (SSSR count). The van der Waals surface area contributed by atoms with Crippen LogP contribution >= 0.6 is 0 Å². The van der Waals surface area contributed by atoms with Gasteiger partial charge in [-0.25, -0.2) is 9.59 Å². The second-order valence-electron chi connectivity index (χ2n) is 8.97. The van der Waals surface area contributed by atoms with Gasteiger partial charge in [-0.1, -0.05) is 78.9 Å². The van der Waals surface area contributed by atoms with Gasteiger partial charge in [0.05, 0.1) is 6.54 Å². The molecule has 10 nitrogen and oxygen atoms in total. The standard InChI is InChI=1S/C30H30N4O6/c35-27(17-33-30(38)40-20-22-11-5-2-6-12-22)32-18-28(36)34-26(29(37)39-19-21-9-3-1-4-10-21)15-23-16-31-25-14-8-7-13-24(23)25/h1-14,16,26,31H,15,17-20H2,(H,32,35)(H,33,38)(H,34,36). The number of amides is 3. The Morgan fingerprint density at radius 2 is 1.30 bits per heavy atom. The number of hydrogen-bond acceptors (Lipinski definition) is 6. The van der Waals surface area contributed by atoms with Crippen molar-refractivity contribution in [3.63, 3.8) is 0 Å². The number of rotatable bonds is 12. The minimum Gasteiger partial charge on any atom is -0.459 e. The highest BCUT2D eigenvalue weighted by Gasteiger charge is 2.24. The van der Waals surface area contributed by atoms with Crippen LogP contribution in [0.5, 0.6) is 0 Å². The molecule has 10 heteroatoms. The van der Waals surface area contributed by atoms with Crippen molar-refractivity contribution in [1.29, 1.82) is 0 Å². The number of hydrogen-bond donors (Lipinski definition) is 4. The molecule has 0 aliphatic rings.